The Morgan fingerprint density at radius 2 is 2.21 bits per heavy atom. The molecule has 0 amide bonds. The van der Waals surface area contributed by atoms with Crippen LogP contribution >= 0.6 is 0 Å². The predicted octanol–water partition coefficient (Wildman–Crippen LogP) is 1.68. The number of ether oxygens (including phenoxy) is 1. The van der Waals surface area contributed by atoms with Gasteiger partial charge < -0.3 is 10.5 Å². The number of nitrogen functional groups attached to an aromatic ring is 1. The standard InChI is InChI=1S/C10H12FNO2/c1-6(10(13)14-2)7-3-4-8(11)9(12)5-7/h3-6H,12H2,1-2H3/t6-/m0/s1. The van der Waals surface area contributed by atoms with Crippen LogP contribution in [0.5, 0.6) is 0 Å². The van der Waals surface area contributed by atoms with E-state index >= 15 is 0 Å². The number of rotatable bonds is 2. The molecule has 1 aromatic rings. The van der Waals surface area contributed by atoms with Gasteiger partial charge in [-0.05, 0) is 24.6 Å². The van der Waals surface area contributed by atoms with Gasteiger partial charge in [-0.25, -0.2) is 4.39 Å². The Morgan fingerprint density at radius 3 is 2.71 bits per heavy atom. The molecule has 1 atom stereocenters. The fourth-order valence-electron chi connectivity index (χ4n) is 1.14. The molecule has 0 fully saturated rings. The number of methoxy groups -OCH3 is 1. The summed E-state index contributed by atoms with van der Waals surface area (Å²) < 4.78 is 17.4. The molecular formula is C10H12FNO2. The van der Waals surface area contributed by atoms with Gasteiger partial charge in [0, 0.05) is 0 Å². The summed E-state index contributed by atoms with van der Waals surface area (Å²) in [5, 5.41) is 0. The van der Waals surface area contributed by atoms with Crippen molar-refractivity contribution in [2.24, 2.45) is 0 Å². The molecule has 0 radical (unpaired) electrons. The van der Waals surface area contributed by atoms with E-state index in [0.29, 0.717) is 5.56 Å². The molecule has 0 spiro atoms. The molecule has 0 aliphatic carbocycles. The van der Waals surface area contributed by atoms with Crippen molar-refractivity contribution in [2.75, 3.05) is 12.8 Å². The van der Waals surface area contributed by atoms with Crippen LogP contribution in [-0.2, 0) is 9.53 Å². The third-order valence-corrected chi connectivity index (χ3v) is 2.07. The molecule has 2 N–H and O–H groups in total. The molecule has 0 unspecified atom stereocenters. The van der Waals surface area contributed by atoms with Crippen LogP contribution in [0.25, 0.3) is 0 Å². The average molecular weight is 197 g/mol. The summed E-state index contributed by atoms with van der Waals surface area (Å²) in [4.78, 5) is 11.2. The second-order valence-electron chi connectivity index (χ2n) is 3.03. The van der Waals surface area contributed by atoms with Gasteiger partial charge >= 0.3 is 5.97 Å². The summed E-state index contributed by atoms with van der Waals surface area (Å²) in [6.45, 7) is 1.68. The van der Waals surface area contributed by atoms with E-state index in [0.717, 1.165) is 0 Å². The van der Waals surface area contributed by atoms with Crippen LogP contribution in [0.15, 0.2) is 18.2 Å². The summed E-state index contributed by atoms with van der Waals surface area (Å²) in [6.07, 6.45) is 0. The van der Waals surface area contributed by atoms with Crippen molar-refractivity contribution in [3.05, 3.63) is 29.6 Å². The van der Waals surface area contributed by atoms with E-state index in [1.807, 2.05) is 0 Å². The highest BCUT2D eigenvalue weighted by Crippen LogP contribution is 2.20. The third kappa shape index (κ3) is 2.02. The number of halogens is 1. The zero-order valence-electron chi connectivity index (χ0n) is 8.08. The Morgan fingerprint density at radius 1 is 1.57 bits per heavy atom. The lowest BCUT2D eigenvalue weighted by atomic mass is 10.0. The topological polar surface area (TPSA) is 52.3 Å². The minimum absolute atomic E-state index is 0.0400. The highest BCUT2D eigenvalue weighted by atomic mass is 19.1. The van der Waals surface area contributed by atoms with Gasteiger partial charge in [-0.2, -0.15) is 0 Å². The molecule has 0 heterocycles. The molecule has 1 rings (SSSR count). The lowest BCUT2D eigenvalue weighted by Gasteiger charge is -2.09. The van der Waals surface area contributed by atoms with Gasteiger partial charge in [-0.15, -0.1) is 0 Å². The van der Waals surface area contributed by atoms with Crippen LogP contribution in [0.4, 0.5) is 10.1 Å². The fourth-order valence-corrected chi connectivity index (χ4v) is 1.14. The van der Waals surface area contributed by atoms with Gasteiger partial charge in [0.2, 0.25) is 0 Å². The number of anilines is 1. The van der Waals surface area contributed by atoms with Crippen LogP contribution in [0.3, 0.4) is 0 Å². The van der Waals surface area contributed by atoms with E-state index in [1.54, 1.807) is 6.92 Å². The normalized spacial score (nSPS) is 12.2. The van der Waals surface area contributed by atoms with Crippen molar-refractivity contribution in [1.29, 1.82) is 0 Å². The van der Waals surface area contributed by atoms with Crippen molar-refractivity contribution in [3.8, 4) is 0 Å². The molecule has 0 aliphatic heterocycles. The van der Waals surface area contributed by atoms with Crippen molar-refractivity contribution in [3.63, 3.8) is 0 Å². The van der Waals surface area contributed by atoms with Crippen molar-refractivity contribution >= 4 is 11.7 Å². The monoisotopic (exact) mass is 197 g/mol. The van der Waals surface area contributed by atoms with Crippen LogP contribution in [0.1, 0.15) is 18.4 Å². The number of esters is 1. The quantitative estimate of drug-likeness (QED) is 0.579. The van der Waals surface area contributed by atoms with Crippen LogP contribution in [0.2, 0.25) is 0 Å². The summed E-state index contributed by atoms with van der Waals surface area (Å²) >= 11 is 0. The van der Waals surface area contributed by atoms with E-state index < -0.39 is 11.7 Å². The SMILES string of the molecule is COC(=O)[C@@H](C)c1ccc(F)c(N)c1. The average Bonchev–Trinajstić information content (AvgIpc) is 2.20. The van der Waals surface area contributed by atoms with E-state index in [2.05, 4.69) is 4.74 Å². The largest absolute Gasteiger partial charge is 0.469 e. The van der Waals surface area contributed by atoms with Crippen LogP contribution < -0.4 is 5.73 Å². The number of hydrogen-bond donors (Lipinski definition) is 1. The first kappa shape index (κ1) is 10.5. The first-order chi connectivity index (χ1) is 6.56. The fraction of sp³-hybridized carbons (Fsp3) is 0.300. The molecule has 4 heteroatoms. The first-order valence-electron chi connectivity index (χ1n) is 4.19. The minimum Gasteiger partial charge on any atom is -0.469 e. The lowest BCUT2D eigenvalue weighted by Crippen LogP contribution is -2.11. The number of hydrogen-bond acceptors (Lipinski definition) is 3. The Kier molecular flexibility index (Phi) is 3.06. The zero-order chi connectivity index (χ0) is 10.7. The molecular weight excluding hydrogens is 185 g/mol. The van der Waals surface area contributed by atoms with Crippen LogP contribution in [0, 0.1) is 5.82 Å². The highest BCUT2D eigenvalue weighted by Gasteiger charge is 2.16. The smallest absolute Gasteiger partial charge is 0.312 e. The maximum atomic E-state index is 12.8. The predicted molar refractivity (Wildman–Crippen MR) is 51.2 cm³/mol. The number of benzene rings is 1. The van der Waals surface area contributed by atoms with E-state index in [4.69, 9.17) is 5.73 Å². The van der Waals surface area contributed by atoms with Gasteiger partial charge in [0.05, 0.1) is 18.7 Å². The van der Waals surface area contributed by atoms with Gasteiger partial charge in [-0.3, -0.25) is 4.79 Å². The summed E-state index contributed by atoms with van der Waals surface area (Å²) in [5.41, 5.74) is 6.06. The minimum atomic E-state index is -0.481. The van der Waals surface area contributed by atoms with E-state index in [-0.39, 0.29) is 11.7 Å². The Hall–Kier alpha value is -1.58. The second kappa shape index (κ2) is 4.09. The maximum absolute atomic E-state index is 12.8. The van der Waals surface area contributed by atoms with Crippen molar-refractivity contribution < 1.29 is 13.9 Å². The summed E-state index contributed by atoms with van der Waals surface area (Å²) in [7, 11) is 1.31. The Balaban J connectivity index is 2.96. The van der Waals surface area contributed by atoms with E-state index in [9.17, 15) is 9.18 Å². The zero-order valence-corrected chi connectivity index (χ0v) is 8.08. The van der Waals surface area contributed by atoms with Crippen molar-refractivity contribution in [1.82, 2.24) is 0 Å². The molecule has 0 saturated heterocycles. The summed E-state index contributed by atoms with van der Waals surface area (Å²) in [5.74, 6) is -1.27. The van der Waals surface area contributed by atoms with Gasteiger partial charge in [0.25, 0.3) is 0 Å². The maximum Gasteiger partial charge on any atom is 0.312 e. The summed E-state index contributed by atoms with van der Waals surface area (Å²) in [6, 6.07) is 4.20. The second-order valence-corrected chi connectivity index (χ2v) is 3.03. The van der Waals surface area contributed by atoms with Crippen molar-refractivity contribution in [2.45, 2.75) is 12.8 Å². The molecule has 0 aromatic heterocycles. The number of carbonyl (C=O) groups excluding carboxylic acids is 1. The molecule has 14 heavy (non-hydrogen) atoms. The Labute approximate surface area is 81.7 Å². The molecule has 0 aliphatic rings. The molecule has 76 valence electrons. The number of carbonyl (C=O) groups is 1. The highest BCUT2D eigenvalue weighted by molar-refractivity contribution is 5.77. The van der Waals surface area contributed by atoms with Gasteiger partial charge in [0.15, 0.2) is 0 Å². The molecule has 1 aromatic carbocycles. The van der Waals surface area contributed by atoms with Gasteiger partial charge in [0.1, 0.15) is 5.82 Å². The molecule has 3 nitrogen and oxygen atoms in total. The molecule has 0 saturated carbocycles. The van der Waals surface area contributed by atoms with E-state index in [1.165, 1.54) is 25.3 Å². The van der Waals surface area contributed by atoms with Gasteiger partial charge in [-0.1, -0.05) is 6.07 Å². The lowest BCUT2D eigenvalue weighted by molar-refractivity contribution is -0.141. The molecule has 0 bridgehead atoms. The Bertz CT molecular complexity index is 352. The van der Waals surface area contributed by atoms with Crippen LogP contribution in [-0.4, -0.2) is 13.1 Å². The number of nitrogens with two attached hydrogens (primary N) is 1. The first-order valence-corrected chi connectivity index (χ1v) is 4.19. The third-order valence-electron chi connectivity index (χ3n) is 2.07.